The average molecular weight is 405 g/mol. The molecule has 2 aromatic carbocycles. The highest BCUT2D eigenvalue weighted by Gasteiger charge is 2.24. The van der Waals surface area contributed by atoms with Crippen LogP contribution >= 0.6 is 0 Å². The molecule has 1 unspecified atom stereocenters. The average Bonchev–Trinajstić information content (AvgIpc) is 2.79. The van der Waals surface area contributed by atoms with Gasteiger partial charge in [-0.15, -0.1) is 0 Å². The molecular formula is C27H36N2O. The van der Waals surface area contributed by atoms with Gasteiger partial charge in [0.15, 0.2) is 0 Å². The van der Waals surface area contributed by atoms with E-state index in [0.29, 0.717) is 6.04 Å². The number of piperazine rings is 1. The van der Waals surface area contributed by atoms with Crippen molar-refractivity contribution < 1.29 is 4.79 Å². The van der Waals surface area contributed by atoms with Gasteiger partial charge in [0, 0.05) is 43.5 Å². The molecule has 3 heteroatoms. The number of aldehydes is 1. The minimum absolute atomic E-state index is 0.451. The van der Waals surface area contributed by atoms with E-state index in [-0.39, 0.29) is 0 Å². The minimum Gasteiger partial charge on any atom is -0.369 e. The Morgan fingerprint density at radius 3 is 2.07 bits per heavy atom. The van der Waals surface area contributed by atoms with Crippen molar-refractivity contribution in [3.63, 3.8) is 0 Å². The van der Waals surface area contributed by atoms with Crippen LogP contribution in [0.2, 0.25) is 0 Å². The fourth-order valence-electron chi connectivity index (χ4n) is 5.58. The third-order valence-electron chi connectivity index (χ3n) is 7.32. The summed E-state index contributed by atoms with van der Waals surface area (Å²) in [5, 5.41) is 0. The molecular weight excluding hydrogens is 368 g/mol. The number of hydrogen-bond donors (Lipinski definition) is 0. The summed E-state index contributed by atoms with van der Waals surface area (Å²) in [4.78, 5) is 16.2. The van der Waals surface area contributed by atoms with Gasteiger partial charge in [-0.2, -0.15) is 0 Å². The molecule has 1 atom stereocenters. The molecule has 3 nitrogen and oxygen atoms in total. The van der Waals surface area contributed by atoms with Crippen LogP contribution in [0.3, 0.4) is 0 Å². The fraction of sp³-hybridized carbons (Fsp3) is 0.519. The SMILES string of the molecule is Cc1cc(C=O)cc(C)c1N1CCN(C(C)c2ccc(C3CCCCC3)cc2)CC1. The molecule has 30 heavy (non-hydrogen) atoms. The van der Waals surface area contributed by atoms with Crippen molar-refractivity contribution in [3.8, 4) is 0 Å². The first-order valence-electron chi connectivity index (χ1n) is 11.7. The molecule has 1 saturated carbocycles. The lowest BCUT2D eigenvalue weighted by molar-refractivity contribution is 0.112. The van der Waals surface area contributed by atoms with E-state index in [4.69, 9.17) is 0 Å². The van der Waals surface area contributed by atoms with Crippen molar-refractivity contribution >= 4 is 12.0 Å². The van der Waals surface area contributed by atoms with E-state index in [1.165, 1.54) is 54.5 Å². The summed E-state index contributed by atoms with van der Waals surface area (Å²) in [5.74, 6) is 0.781. The van der Waals surface area contributed by atoms with Crippen molar-refractivity contribution in [2.24, 2.45) is 0 Å². The number of aryl methyl sites for hydroxylation is 2. The summed E-state index contributed by atoms with van der Waals surface area (Å²) in [6, 6.07) is 14.0. The van der Waals surface area contributed by atoms with Gasteiger partial charge in [0.2, 0.25) is 0 Å². The second-order valence-corrected chi connectivity index (χ2v) is 9.32. The molecule has 0 aromatic heterocycles. The maximum Gasteiger partial charge on any atom is 0.150 e. The molecule has 0 radical (unpaired) electrons. The number of benzene rings is 2. The van der Waals surface area contributed by atoms with Gasteiger partial charge >= 0.3 is 0 Å². The summed E-state index contributed by atoms with van der Waals surface area (Å²) in [6.45, 7) is 10.8. The van der Waals surface area contributed by atoms with E-state index >= 15 is 0 Å². The first-order valence-corrected chi connectivity index (χ1v) is 11.7. The van der Waals surface area contributed by atoms with E-state index in [1.807, 2.05) is 12.1 Å². The normalized spacial score (nSPS) is 19.6. The molecule has 0 N–H and O–H groups in total. The van der Waals surface area contributed by atoms with Crippen LogP contribution in [0.15, 0.2) is 36.4 Å². The first kappa shape index (κ1) is 21.1. The van der Waals surface area contributed by atoms with Crippen molar-refractivity contribution in [1.82, 2.24) is 4.90 Å². The van der Waals surface area contributed by atoms with Crippen LogP contribution in [0.5, 0.6) is 0 Å². The highest BCUT2D eigenvalue weighted by atomic mass is 16.1. The molecule has 0 amide bonds. The topological polar surface area (TPSA) is 23.6 Å². The predicted octanol–water partition coefficient (Wildman–Crippen LogP) is 6.05. The van der Waals surface area contributed by atoms with Crippen LogP contribution in [-0.4, -0.2) is 37.4 Å². The zero-order valence-corrected chi connectivity index (χ0v) is 18.9. The maximum atomic E-state index is 11.1. The van der Waals surface area contributed by atoms with Gasteiger partial charge in [0.05, 0.1) is 0 Å². The standard InChI is InChI=1S/C27H36N2O/c1-20-17-23(19-30)18-21(2)27(20)29-15-13-28(14-16-29)22(3)24-9-11-26(12-10-24)25-7-5-4-6-8-25/h9-12,17-19,22,25H,4-8,13-16H2,1-3H3. The Bertz CT molecular complexity index is 836. The fourth-order valence-corrected chi connectivity index (χ4v) is 5.58. The molecule has 2 aliphatic rings. The number of carbonyl (C=O) groups excluding carboxylic acids is 1. The third-order valence-corrected chi connectivity index (χ3v) is 7.32. The number of rotatable bonds is 5. The van der Waals surface area contributed by atoms with Crippen LogP contribution in [0.25, 0.3) is 0 Å². The molecule has 1 saturated heterocycles. The van der Waals surface area contributed by atoms with Crippen molar-refractivity contribution in [3.05, 3.63) is 64.2 Å². The lowest BCUT2D eigenvalue weighted by Crippen LogP contribution is -2.47. The molecule has 160 valence electrons. The second-order valence-electron chi connectivity index (χ2n) is 9.32. The van der Waals surface area contributed by atoms with Crippen molar-refractivity contribution in [2.75, 3.05) is 31.1 Å². The van der Waals surface area contributed by atoms with Crippen LogP contribution < -0.4 is 4.90 Å². The van der Waals surface area contributed by atoms with Gasteiger partial charge < -0.3 is 4.90 Å². The Labute approximate surface area is 182 Å². The van der Waals surface area contributed by atoms with Gasteiger partial charge in [-0.3, -0.25) is 9.69 Å². The van der Waals surface area contributed by atoms with Crippen LogP contribution in [0, 0.1) is 13.8 Å². The monoisotopic (exact) mass is 404 g/mol. The predicted molar refractivity (Wildman–Crippen MR) is 126 cm³/mol. The largest absolute Gasteiger partial charge is 0.369 e. The number of anilines is 1. The minimum atomic E-state index is 0.451. The van der Waals surface area contributed by atoms with E-state index in [1.54, 1.807) is 5.56 Å². The van der Waals surface area contributed by atoms with E-state index in [0.717, 1.165) is 43.9 Å². The molecule has 4 rings (SSSR count). The van der Waals surface area contributed by atoms with E-state index in [2.05, 4.69) is 54.8 Å². The quantitative estimate of drug-likeness (QED) is 0.567. The summed E-state index contributed by atoms with van der Waals surface area (Å²) < 4.78 is 0. The molecule has 0 spiro atoms. The Balaban J connectivity index is 1.38. The van der Waals surface area contributed by atoms with Crippen molar-refractivity contribution in [1.29, 1.82) is 0 Å². The Hall–Kier alpha value is -2.13. The molecule has 1 heterocycles. The lowest BCUT2D eigenvalue weighted by Gasteiger charge is -2.40. The second kappa shape index (κ2) is 9.34. The third kappa shape index (κ3) is 4.46. The van der Waals surface area contributed by atoms with Gasteiger partial charge in [-0.05, 0) is 73.9 Å². The molecule has 2 fully saturated rings. The maximum absolute atomic E-state index is 11.1. The summed E-state index contributed by atoms with van der Waals surface area (Å²) >= 11 is 0. The van der Waals surface area contributed by atoms with Crippen LogP contribution in [0.4, 0.5) is 5.69 Å². The zero-order chi connectivity index (χ0) is 21.1. The molecule has 1 aliphatic carbocycles. The first-order chi connectivity index (χ1) is 14.6. The van der Waals surface area contributed by atoms with Gasteiger partial charge in [-0.1, -0.05) is 43.5 Å². The number of hydrogen-bond acceptors (Lipinski definition) is 3. The highest BCUT2D eigenvalue weighted by molar-refractivity contribution is 5.78. The summed E-state index contributed by atoms with van der Waals surface area (Å²) in [7, 11) is 0. The smallest absolute Gasteiger partial charge is 0.150 e. The van der Waals surface area contributed by atoms with Crippen LogP contribution in [0.1, 0.15) is 83.6 Å². The van der Waals surface area contributed by atoms with Gasteiger partial charge in [0.1, 0.15) is 6.29 Å². The summed E-state index contributed by atoms with van der Waals surface area (Å²) in [5.41, 5.74) is 7.47. The van der Waals surface area contributed by atoms with Crippen LogP contribution in [-0.2, 0) is 0 Å². The number of carbonyl (C=O) groups is 1. The Morgan fingerprint density at radius 2 is 1.50 bits per heavy atom. The Kier molecular flexibility index (Phi) is 6.58. The zero-order valence-electron chi connectivity index (χ0n) is 18.9. The van der Waals surface area contributed by atoms with E-state index < -0.39 is 0 Å². The molecule has 1 aliphatic heterocycles. The molecule has 2 aromatic rings. The number of nitrogens with zero attached hydrogens (tertiary/aromatic N) is 2. The lowest BCUT2D eigenvalue weighted by atomic mass is 9.83. The van der Waals surface area contributed by atoms with E-state index in [9.17, 15) is 4.79 Å². The van der Waals surface area contributed by atoms with Gasteiger partial charge in [0.25, 0.3) is 0 Å². The van der Waals surface area contributed by atoms with Gasteiger partial charge in [-0.25, -0.2) is 0 Å². The summed E-state index contributed by atoms with van der Waals surface area (Å²) in [6.07, 6.45) is 7.88. The highest BCUT2D eigenvalue weighted by Crippen LogP contribution is 2.34. The van der Waals surface area contributed by atoms with Crippen molar-refractivity contribution in [2.45, 2.75) is 64.8 Å². The Morgan fingerprint density at radius 1 is 0.900 bits per heavy atom. The molecule has 0 bridgehead atoms.